The quantitative estimate of drug-likeness (QED) is 0.157. The number of nitrogens with zero attached hydrogens (tertiary/aromatic N) is 3. The van der Waals surface area contributed by atoms with E-state index >= 15 is 0 Å². The lowest BCUT2D eigenvalue weighted by atomic mass is 9.87. The van der Waals surface area contributed by atoms with Crippen LogP contribution in [0.25, 0.3) is 88.4 Å². The lowest BCUT2D eigenvalue weighted by Gasteiger charge is -2.35. The Morgan fingerprint density at radius 3 is 1.64 bits per heavy atom. The summed E-state index contributed by atoms with van der Waals surface area (Å²) < 4.78 is 4.74. The fourth-order valence-corrected chi connectivity index (χ4v) is 11.4. The molecule has 4 heteroatoms. The first-order valence-corrected chi connectivity index (χ1v) is 24.5. The van der Waals surface area contributed by atoms with Crippen LogP contribution in [0.1, 0.15) is 22.6 Å². The van der Waals surface area contributed by atoms with Gasteiger partial charge in [0, 0.05) is 56.3 Å². The minimum atomic E-state index is -0.141. The van der Waals surface area contributed by atoms with Crippen LogP contribution in [0, 0.1) is 0 Å². The van der Waals surface area contributed by atoms with E-state index in [0.717, 1.165) is 56.2 Å². The molecule has 2 atom stereocenters. The van der Waals surface area contributed by atoms with Crippen molar-refractivity contribution in [2.45, 2.75) is 11.2 Å². The molecule has 2 aromatic heterocycles. The first-order valence-electron chi connectivity index (χ1n) is 24.0. The maximum absolute atomic E-state index is 5.50. The SMILES string of the molecule is C=C1/C=C(c2ccc3c(c2)c2ccccc2n3-c2ccccc2)\C=C/N(C2=CC=CC(c3cccc(-c4ccccc4)c3)C2S)c2ccc(-c3ccc4c(c3)c3ccccc3n4-c3ccccc3)cc21. The number of fused-ring (bicyclic) bond motifs is 7. The highest BCUT2D eigenvalue weighted by molar-refractivity contribution is 7.81. The lowest BCUT2D eigenvalue weighted by molar-refractivity contribution is 0.814. The fourth-order valence-electron chi connectivity index (χ4n) is 10.9. The van der Waals surface area contributed by atoms with Gasteiger partial charge in [-0.25, -0.2) is 0 Å². The molecule has 11 aromatic rings. The highest BCUT2D eigenvalue weighted by Gasteiger charge is 2.30. The monoisotopic (exact) mass is 913 g/mol. The van der Waals surface area contributed by atoms with E-state index in [1.54, 1.807) is 0 Å². The number of aromatic nitrogens is 2. The van der Waals surface area contributed by atoms with Gasteiger partial charge in [-0.1, -0.05) is 164 Å². The average molecular weight is 914 g/mol. The van der Waals surface area contributed by atoms with Gasteiger partial charge in [0.15, 0.2) is 0 Å². The second-order valence-corrected chi connectivity index (χ2v) is 18.9. The summed E-state index contributed by atoms with van der Waals surface area (Å²) in [6.07, 6.45) is 13.5. The fraction of sp³-hybridized carbons (Fsp3) is 0.0303. The molecule has 0 fully saturated rings. The third-order valence-corrected chi connectivity index (χ3v) is 14.8. The van der Waals surface area contributed by atoms with Crippen LogP contribution in [-0.4, -0.2) is 14.4 Å². The number of hydrogen-bond acceptors (Lipinski definition) is 2. The summed E-state index contributed by atoms with van der Waals surface area (Å²) >= 11 is 5.50. The molecule has 70 heavy (non-hydrogen) atoms. The Hall–Kier alpha value is -8.57. The molecule has 0 radical (unpaired) electrons. The summed E-state index contributed by atoms with van der Waals surface area (Å²) in [5, 5.41) is 4.74. The van der Waals surface area contributed by atoms with Crippen LogP contribution in [0.4, 0.5) is 5.69 Å². The average Bonchev–Trinajstić information content (AvgIpc) is 3.93. The van der Waals surface area contributed by atoms with E-state index in [4.69, 9.17) is 19.2 Å². The Labute approximate surface area is 413 Å². The molecule has 332 valence electrons. The van der Waals surface area contributed by atoms with Crippen LogP contribution < -0.4 is 4.90 Å². The van der Waals surface area contributed by atoms with Gasteiger partial charge < -0.3 is 14.0 Å². The van der Waals surface area contributed by atoms with Crippen LogP contribution in [-0.2, 0) is 0 Å². The smallest absolute Gasteiger partial charge is 0.0541 e. The Kier molecular flexibility index (Phi) is 10.2. The van der Waals surface area contributed by atoms with Gasteiger partial charge in [-0.15, -0.1) is 0 Å². The van der Waals surface area contributed by atoms with Gasteiger partial charge >= 0.3 is 0 Å². The molecule has 2 unspecified atom stereocenters. The second-order valence-electron chi connectivity index (χ2n) is 18.3. The highest BCUT2D eigenvalue weighted by atomic mass is 32.1. The van der Waals surface area contributed by atoms with E-state index in [2.05, 4.69) is 269 Å². The summed E-state index contributed by atoms with van der Waals surface area (Å²) in [6.45, 7) is 4.85. The second kappa shape index (κ2) is 17.2. The van der Waals surface area contributed by atoms with Gasteiger partial charge in [0.25, 0.3) is 0 Å². The molecule has 0 amide bonds. The molecular formula is C66H47N3S. The first kappa shape index (κ1) is 41.6. The predicted molar refractivity (Wildman–Crippen MR) is 300 cm³/mol. The third kappa shape index (κ3) is 7.07. The van der Waals surface area contributed by atoms with Crippen molar-refractivity contribution in [3.63, 3.8) is 0 Å². The zero-order valence-electron chi connectivity index (χ0n) is 38.4. The largest absolute Gasteiger partial charge is 0.319 e. The summed E-state index contributed by atoms with van der Waals surface area (Å²) in [5.74, 6) is 0.0425. The number of allylic oxidation sites excluding steroid dienone is 7. The van der Waals surface area contributed by atoms with E-state index in [9.17, 15) is 0 Å². The summed E-state index contributed by atoms with van der Waals surface area (Å²) in [4.78, 5) is 2.35. The zero-order valence-corrected chi connectivity index (χ0v) is 39.3. The number of anilines is 1. The van der Waals surface area contributed by atoms with Crippen molar-refractivity contribution in [1.82, 2.24) is 9.13 Å². The molecule has 9 aromatic carbocycles. The van der Waals surface area contributed by atoms with Crippen LogP contribution in [0.3, 0.4) is 0 Å². The third-order valence-electron chi connectivity index (χ3n) is 14.3. The van der Waals surface area contributed by atoms with Crippen molar-refractivity contribution < 1.29 is 0 Å². The Morgan fingerprint density at radius 2 is 0.971 bits per heavy atom. The molecule has 0 N–H and O–H groups in total. The van der Waals surface area contributed by atoms with Crippen molar-refractivity contribution in [1.29, 1.82) is 0 Å². The molecule has 13 rings (SSSR count). The van der Waals surface area contributed by atoms with Gasteiger partial charge in [0.2, 0.25) is 0 Å². The molecule has 2 aliphatic rings. The standard InChI is InChI=1S/C66H47N3S/c1-44-39-50(49-33-36-64-59(43-49)56-26-12-14-29-62(56)69(64)53-23-9-4-10-24-53)37-38-67(65-30-16-27-54(66(65)70)51-20-15-19-46(40-51)45-17-5-2-6-18-45)60-34-31-47(41-57(44)60)48-32-35-63-58(42-48)55-25-11-13-28-61(55)68(63)52-21-7-3-8-22-52/h2-43,54,66,70H,1H2/b38-37-,50-39+. The zero-order chi connectivity index (χ0) is 46.7. The summed E-state index contributed by atoms with van der Waals surface area (Å²) in [5.41, 5.74) is 19.3. The molecule has 0 spiro atoms. The van der Waals surface area contributed by atoms with Crippen molar-refractivity contribution in [2.24, 2.45) is 0 Å². The number of benzene rings is 9. The topological polar surface area (TPSA) is 13.1 Å². The molecule has 3 nitrogen and oxygen atoms in total. The van der Waals surface area contributed by atoms with Gasteiger partial charge in [0.1, 0.15) is 0 Å². The van der Waals surface area contributed by atoms with Crippen molar-refractivity contribution in [2.75, 3.05) is 4.90 Å². The molecule has 1 aliphatic carbocycles. The Morgan fingerprint density at radius 1 is 0.443 bits per heavy atom. The van der Waals surface area contributed by atoms with Crippen LogP contribution in [0.5, 0.6) is 0 Å². The van der Waals surface area contributed by atoms with E-state index in [1.807, 2.05) is 0 Å². The summed E-state index contributed by atoms with van der Waals surface area (Å²) in [6, 6.07) is 78.9. The van der Waals surface area contributed by atoms with E-state index in [1.165, 1.54) is 60.3 Å². The Bertz CT molecular complexity index is 3980. The molecule has 1 aliphatic heterocycles. The lowest BCUT2D eigenvalue weighted by Crippen LogP contribution is -2.29. The van der Waals surface area contributed by atoms with Gasteiger partial charge in [0.05, 0.1) is 33.0 Å². The Balaban J connectivity index is 0.949. The number of hydrogen-bond donors (Lipinski definition) is 1. The minimum absolute atomic E-state index is 0.0425. The number of thiol groups is 1. The van der Waals surface area contributed by atoms with Gasteiger partial charge in [-0.3, -0.25) is 0 Å². The molecular weight excluding hydrogens is 867 g/mol. The molecule has 0 saturated heterocycles. The van der Waals surface area contributed by atoms with Crippen molar-refractivity contribution in [3.05, 3.63) is 284 Å². The highest BCUT2D eigenvalue weighted by Crippen LogP contribution is 2.44. The maximum atomic E-state index is 5.50. The van der Waals surface area contributed by atoms with Crippen molar-refractivity contribution >= 4 is 73.1 Å². The molecule has 3 heterocycles. The number of rotatable bonds is 7. The minimum Gasteiger partial charge on any atom is -0.319 e. The van der Waals surface area contributed by atoms with E-state index in [0.29, 0.717) is 0 Å². The van der Waals surface area contributed by atoms with Gasteiger partial charge in [-0.05, 0) is 136 Å². The van der Waals surface area contributed by atoms with Crippen LogP contribution in [0.2, 0.25) is 0 Å². The molecule has 0 saturated carbocycles. The van der Waals surface area contributed by atoms with Crippen LogP contribution >= 0.6 is 12.6 Å². The van der Waals surface area contributed by atoms with Crippen molar-refractivity contribution in [3.8, 4) is 33.6 Å². The summed E-state index contributed by atoms with van der Waals surface area (Å²) in [7, 11) is 0. The molecule has 0 bridgehead atoms. The maximum Gasteiger partial charge on any atom is 0.0541 e. The predicted octanol–water partition coefficient (Wildman–Crippen LogP) is 17.2. The van der Waals surface area contributed by atoms with Gasteiger partial charge in [-0.2, -0.15) is 12.6 Å². The first-order chi connectivity index (χ1) is 34.6. The normalized spacial score (nSPS) is 17.0. The number of para-hydroxylation sites is 4. The van der Waals surface area contributed by atoms with E-state index in [-0.39, 0.29) is 11.2 Å². The van der Waals surface area contributed by atoms with Crippen LogP contribution in [0.15, 0.2) is 267 Å². The van der Waals surface area contributed by atoms with E-state index < -0.39 is 0 Å².